The van der Waals surface area contributed by atoms with Crippen LogP contribution in [0.25, 0.3) is 11.3 Å². The summed E-state index contributed by atoms with van der Waals surface area (Å²) < 4.78 is 5.37. The van der Waals surface area contributed by atoms with E-state index in [1.54, 1.807) is 12.1 Å². The molecule has 0 unspecified atom stereocenters. The van der Waals surface area contributed by atoms with Gasteiger partial charge in [-0.05, 0) is 19.1 Å². The number of rotatable bonds is 1. The zero-order valence-corrected chi connectivity index (χ0v) is 11.6. The highest BCUT2D eigenvalue weighted by Gasteiger charge is 2.20. The first-order valence-corrected chi connectivity index (χ1v) is 6.73. The Balaban J connectivity index is 2.13. The lowest BCUT2D eigenvalue weighted by Crippen LogP contribution is -2.25. The monoisotopic (exact) mass is 295 g/mol. The fraction of sp³-hybridized carbons (Fsp3) is 0.167. The first-order chi connectivity index (χ1) is 9.04. The van der Waals surface area contributed by atoms with Gasteiger partial charge in [0.2, 0.25) is 0 Å². The Labute approximate surface area is 118 Å². The summed E-state index contributed by atoms with van der Waals surface area (Å²) in [6.45, 7) is 1.94. The summed E-state index contributed by atoms with van der Waals surface area (Å²) in [5.74, 6) is 0.398. The number of nitrogen functional groups attached to an aromatic ring is 1. The molecule has 19 heavy (non-hydrogen) atoms. The molecule has 1 aromatic heterocycles. The fourth-order valence-electron chi connectivity index (χ4n) is 1.95. The molecule has 1 aromatic carbocycles. The molecule has 0 aliphatic carbocycles. The standard InChI is InChI=1S/C12H10ClN3O2S/c1-5-11(16-12(14)19-5)6-2-9-8(3-7(6)13)15-10(17)4-18-9/h2-3H,4H2,1H3,(H2,14,16)(H,15,17). The predicted molar refractivity (Wildman–Crippen MR) is 75.8 cm³/mol. The van der Waals surface area contributed by atoms with E-state index in [-0.39, 0.29) is 12.5 Å². The normalized spacial score (nSPS) is 13.7. The number of halogens is 1. The SMILES string of the molecule is Cc1sc(N)nc1-c1cc2c(cc1Cl)NC(=O)CO2. The van der Waals surface area contributed by atoms with Gasteiger partial charge in [-0.1, -0.05) is 11.6 Å². The van der Waals surface area contributed by atoms with E-state index in [0.717, 1.165) is 16.1 Å². The van der Waals surface area contributed by atoms with Crippen LogP contribution in [0.3, 0.4) is 0 Å². The largest absolute Gasteiger partial charge is 0.482 e. The maximum atomic E-state index is 11.2. The average molecular weight is 296 g/mol. The van der Waals surface area contributed by atoms with Crippen LogP contribution in [-0.2, 0) is 4.79 Å². The molecule has 98 valence electrons. The number of carbonyl (C=O) groups excluding carboxylic acids is 1. The molecular formula is C12H10ClN3O2S. The van der Waals surface area contributed by atoms with Crippen molar-refractivity contribution < 1.29 is 9.53 Å². The van der Waals surface area contributed by atoms with Gasteiger partial charge in [0.1, 0.15) is 5.75 Å². The number of aryl methyl sites for hydroxylation is 1. The van der Waals surface area contributed by atoms with Gasteiger partial charge in [0.25, 0.3) is 5.91 Å². The highest BCUT2D eigenvalue weighted by Crippen LogP contribution is 2.40. The number of aromatic nitrogens is 1. The van der Waals surface area contributed by atoms with Crippen LogP contribution < -0.4 is 15.8 Å². The van der Waals surface area contributed by atoms with Gasteiger partial charge in [-0.3, -0.25) is 4.79 Å². The molecule has 3 rings (SSSR count). The van der Waals surface area contributed by atoms with Crippen LogP contribution in [0.4, 0.5) is 10.8 Å². The van der Waals surface area contributed by atoms with Crippen molar-refractivity contribution in [3.05, 3.63) is 22.0 Å². The van der Waals surface area contributed by atoms with Gasteiger partial charge < -0.3 is 15.8 Å². The molecule has 7 heteroatoms. The van der Waals surface area contributed by atoms with Gasteiger partial charge in [0, 0.05) is 10.4 Å². The number of thiazole rings is 1. The van der Waals surface area contributed by atoms with E-state index >= 15 is 0 Å². The van der Waals surface area contributed by atoms with Crippen LogP contribution in [-0.4, -0.2) is 17.5 Å². The molecule has 0 spiro atoms. The first kappa shape index (κ1) is 12.3. The Morgan fingerprint density at radius 3 is 3.00 bits per heavy atom. The number of amides is 1. The number of nitrogens with one attached hydrogen (secondary N) is 1. The van der Waals surface area contributed by atoms with E-state index in [1.165, 1.54) is 11.3 Å². The zero-order chi connectivity index (χ0) is 13.6. The molecule has 0 fully saturated rings. The minimum Gasteiger partial charge on any atom is -0.482 e. The van der Waals surface area contributed by atoms with Crippen molar-refractivity contribution in [2.24, 2.45) is 0 Å². The van der Waals surface area contributed by atoms with Gasteiger partial charge in [-0.15, -0.1) is 11.3 Å². The summed E-state index contributed by atoms with van der Waals surface area (Å²) in [7, 11) is 0. The summed E-state index contributed by atoms with van der Waals surface area (Å²) >= 11 is 7.65. The third kappa shape index (κ3) is 2.13. The van der Waals surface area contributed by atoms with Gasteiger partial charge in [0.05, 0.1) is 16.4 Å². The minimum absolute atomic E-state index is 0.00621. The van der Waals surface area contributed by atoms with Crippen molar-refractivity contribution in [1.29, 1.82) is 0 Å². The summed E-state index contributed by atoms with van der Waals surface area (Å²) in [6.07, 6.45) is 0. The number of fused-ring (bicyclic) bond motifs is 1. The highest BCUT2D eigenvalue weighted by atomic mass is 35.5. The van der Waals surface area contributed by atoms with E-state index in [4.69, 9.17) is 22.1 Å². The van der Waals surface area contributed by atoms with Crippen molar-refractivity contribution in [3.63, 3.8) is 0 Å². The second kappa shape index (κ2) is 4.40. The zero-order valence-electron chi connectivity index (χ0n) is 9.99. The Morgan fingerprint density at radius 1 is 1.53 bits per heavy atom. The second-order valence-electron chi connectivity index (χ2n) is 4.12. The summed E-state index contributed by atoms with van der Waals surface area (Å²) in [5.41, 5.74) is 7.77. The molecule has 0 saturated carbocycles. The maximum Gasteiger partial charge on any atom is 0.262 e. The third-order valence-corrected chi connectivity index (χ3v) is 3.88. The molecule has 5 nitrogen and oxygen atoms in total. The molecule has 0 bridgehead atoms. The number of nitrogens with zero attached hydrogens (tertiary/aromatic N) is 1. The quantitative estimate of drug-likeness (QED) is 0.848. The van der Waals surface area contributed by atoms with Crippen molar-refractivity contribution >= 4 is 39.7 Å². The van der Waals surface area contributed by atoms with E-state index in [2.05, 4.69) is 10.3 Å². The summed E-state index contributed by atoms with van der Waals surface area (Å²) in [4.78, 5) is 16.5. The number of hydrogen-bond donors (Lipinski definition) is 2. The molecule has 2 heterocycles. The van der Waals surface area contributed by atoms with Crippen LogP contribution in [0, 0.1) is 6.92 Å². The van der Waals surface area contributed by atoms with Crippen LogP contribution in [0.2, 0.25) is 5.02 Å². The van der Waals surface area contributed by atoms with Crippen LogP contribution >= 0.6 is 22.9 Å². The lowest BCUT2D eigenvalue weighted by molar-refractivity contribution is -0.118. The van der Waals surface area contributed by atoms with Gasteiger partial charge >= 0.3 is 0 Å². The Hall–Kier alpha value is -1.79. The average Bonchev–Trinajstić information content (AvgIpc) is 2.67. The minimum atomic E-state index is -0.189. The number of hydrogen-bond acceptors (Lipinski definition) is 5. The molecule has 0 atom stereocenters. The molecule has 1 amide bonds. The highest BCUT2D eigenvalue weighted by molar-refractivity contribution is 7.15. The second-order valence-corrected chi connectivity index (χ2v) is 5.76. The van der Waals surface area contributed by atoms with Crippen LogP contribution in [0.15, 0.2) is 12.1 Å². The van der Waals surface area contributed by atoms with Crippen molar-refractivity contribution in [3.8, 4) is 17.0 Å². The third-order valence-electron chi connectivity index (χ3n) is 2.77. The molecule has 0 saturated heterocycles. The van der Waals surface area contributed by atoms with Gasteiger partial charge in [0.15, 0.2) is 11.7 Å². The molecular weight excluding hydrogens is 286 g/mol. The predicted octanol–water partition coefficient (Wildman–Crippen LogP) is 2.69. The lowest BCUT2D eigenvalue weighted by atomic mass is 10.1. The van der Waals surface area contributed by atoms with Gasteiger partial charge in [-0.25, -0.2) is 4.98 Å². The Bertz CT molecular complexity index is 684. The summed E-state index contributed by atoms with van der Waals surface area (Å²) in [5, 5.41) is 3.70. The lowest BCUT2D eigenvalue weighted by Gasteiger charge is -2.19. The van der Waals surface area contributed by atoms with Crippen molar-refractivity contribution in [2.75, 3.05) is 17.7 Å². The smallest absolute Gasteiger partial charge is 0.262 e. The first-order valence-electron chi connectivity index (χ1n) is 5.54. The maximum absolute atomic E-state index is 11.2. The van der Waals surface area contributed by atoms with Gasteiger partial charge in [-0.2, -0.15) is 0 Å². The number of ether oxygens (including phenoxy) is 1. The number of anilines is 2. The molecule has 0 radical (unpaired) electrons. The molecule has 2 aromatic rings. The van der Waals surface area contributed by atoms with E-state index in [1.807, 2.05) is 6.92 Å². The van der Waals surface area contributed by atoms with Crippen molar-refractivity contribution in [2.45, 2.75) is 6.92 Å². The summed E-state index contributed by atoms with van der Waals surface area (Å²) in [6, 6.07) is 3.44. The number of carbonyl (C=O) groups is 1. The molecule has 1 aliphatic rings. The molecule has 1 aliphatic heterocycles. The van der Waals surface area contributed by atoms with Crippen molar-refractivity contribution in [1.82, 2.24) is 4.98 Å². The van der Waals surface area contributed by atoms with Crippen LogP contribution in [0.5, 0.6) is 5.75 Å². The van der Waals surface area contributed by atoms with E-state index in [9.17, 15) is 4.79 Å². The number of benzene rings is 1. The van der Waals surface area contributed by atoms with Crippen LogP contribution in [0.1, 0.15) is 4.88 Å². The van der Waals surface area contributed by atoms with E-state index < -0.39 is 0 Å². The van der Waals surface area contributed by atoms with E-state index in [0.29, 0.717) is 21.6 Å². The topological polar surface area (TPSA) is 77.2 Å². The number of nitrogens with two attached hydrogens (primary N) is 1. The Morgan fingerprint density at radius 2 is 2.32 bits per heavy atom. The molecule has 3 N–H and O–H groups in total. The fourth-order valence-corrected chi connectivity index (χ4v) is 2.90. The Kier molecular flexibility index (Phi) is 2.83.